The largest absolute Gasteiger partial charge is 0.361 e. The average molecular weight is 735 g/mol. The highest BCUT2D eigenvalue weighted by molar-refractivity contribution is 5.87. The molecule has 0 bridgehead atoms. The number of nitrogens with zero attached hydrogens (tertiary/aromatic N) is 3. The number of nitrogens with one attached hydrogen (secondary N) is 1. The lowest BCUT2D eigenvalue weighted by Crippen LogP contribution is -2.09. The monoisotopic (exact) mass is 734 g/mol. The third-order valence-corrected chi connectivity index (χ3v) is 8.33. The lowest BCUT2D eigenvalue weighted by atomic mass is 10.0. The van der Waals surface area contributed by atoms with E-state index in [4.69, 9.17) is 9.97 Å². The fourth-order valence-corrected chi connectivity index (χ4v) is 5.88. The maximum Gasteiger partial charge on any atom is 0.0973 e. The quantitative estimate of drug-likeness (QED) is 0.134. The van der Waals surface area contributed by atoms with E-state index in [9.17, 15) is 0 Å². The summed E-state index contributed by atoms with van der Waals surface area (Å²) in [7, 11) is 0. The molecule has 1 aromatic heterocycles. The van der Waals surface area contributed by atoms with Crippen LogP contribution in [0.25, 0.3) is 39.1 Å². The molecule has 282 valence electrons. The van der Waals surface area contributed by atoms with Crippen molar-refractivity contribution in [2.45, 2.75) is 40.5 Å². The van der Waals surface area contributed by atoms with Crippen LogP contribution in [0.5, 0.6) is 0 Å². The molecule has 4 nitrogen and oxygen atoms in total. The zero-order chi connectivity index (χ0) is 40.0. The summed E-state index contributed by atoms with van der Waals surface area (Å²) in [5.74, 6) is 0. The molecule has 4 heteroatoms. The third kappa shape index (κ3) is 11.6. The Bertz CT molecular complexity index is 2240. The van der Waals surface area contributed by atoms with Crippen molar-refractivity contribution in [3.8, 4) is 22.5 Å². The number of fused-ring (bicyclic) bond motifs is 1. The van der Waals surface area contributed by atoms with E-state index in [2.05, 4.69) is 145 Å². The van der Waals surface area contributed by atoms with Crippen LogP contribution in [0.1, 0.15) is 46.1 Å². The standard InChI is InChI=1S/C44H36N4.2C3H6.C2H6/c1-2-3-15-36(33-16-7-4-8-17-33)32-45-37-26-30-40(31-27-37)48(38-20-11-6-12-21-38)39-28-24-35(25-29-39)44-43(34-18-9-5-10-19-34)46-41-22-13-14-23-42(41)47-44;2*1-3-2;1-2/h2,4-14,16-32,45H,1,3,15H2;2*3H,1H2,2H3;1-2H3/b36-32-;;;. The molecule has 1 N–H and O–H groups in total. The summed E-state index contributed by atoms with van der Waals surface area (Å²) < 4.78 is 0. The number of allylic oxidation sites excluding steroid dienone is 4. The van der Waals surface area contributed by atoms with Crippen molar-refractivity contribution < 1.29 is 0 Å². The number of hydrogen-bond acceptors (Lipinski definition) is 4. The molecular formula is C52H54N4. The maximum atomic E-state index is 5.10. The molecule has 0 fully saturated rings. The van der Waals surface area contributed by atoms with Crippen LogP contribution in [-0.2, 0) is 0 Å². The fraction of sp³-hybridized carbons (Fsp3) is 0.115. The zero-order valence-corrected chi connectivity index (χ0v) is 33.3. The van der Waals surface area contributed by atoms with Gasteiger partial charge in [0.2, 0.25) is 0 Å². The van der Waals surface area contributed by atoms with Crippen LogP contribution in [0.4, 0.5) is 22.7 Å². The topological polar surface area (TPSA) is 41.0 Å². The van der Waals surface area contributed by atoms with Gasteiger partial charge in [0.05, 0.1) is 22.4 Å². The minimum Gasteiger partial charge on any atom is -0.361 e. The number of aromatic nitrogens is 2. The number of rotatable bonds is 11. The molecule has 7 aromatic rings. The maximum absolute atomic E-state index is 5.10. The molecule has 0 spiro atoms. The Labute approximate surface area is 335 Å². The highest BCUT2D eigenvalue weighted by atomic mass is 15.1. The molecule has 56 heavy (non-hydrogen) atoms. The van der Waals surface area contributed by atoms with Crippen molar-refractivity contribution in [1.29, 1.82) is 0 Å². The molecule has 0 saturated carbocycles. The SMILES string of the molecule is C=CC.C=CC.C=CCC/C(=C/Nc1ccc(N(c2ccccc2)c2ccc(-c3nc4ccccc4nc3-c3ccccc3)cc2)cc1)c1ccccc1.CC. The fourth-order valence-electron chi connectivity index (χ4n) is 5.88. The number of hydrogen-bond donors (Lipinski definition) is 1. The summed E-state index contributed by atoms with van der Waals surface area (Å²) in [6.45, 7) is 18.4. The first-order chi connectivity index (χ1) is 27.6. The molecular weight excluding hydrogens is 681 g/mol. The van der Waals surface area contributed by atoms with E-state index in [0.29, 0.717) is 0 Å². The van der Waals surface area contributed by atoms with E-state index in [0.717, 1.165) is 69.1 Å². The molecule has 0 unspecified atom stereocenters. The van der Waals surface area contributed by atoms with Gasteiger partial charge in [-0.1, -0.05) is 135 Å². The van der Waals surface area contributed by atoms with Gasteiger partial charge in [-0.3, -0.25) is 0 Å². The van der Waals surface area contributed by atoms with E-state index in [1.54, 1.807) is 12.2 Å². The van der Waals surface area contributed by atoms with Crippen LogP contribution in [0.2, 0.25) is 0 Å². The average Bonchev–Trinajstić information content (AvgIpc) is 3.26. The molecule has 7 rings (SSSR count). The van der Waals surface area contributed by atoms with E-state index in [1.165, 1.54) is 11.1 Å². The van der Waals surface area contributed by atoms with E-state index < -0.39 is 0 Å². The van der Waals surface area contributed by atoms with Crippen molar-refractivity contribution in [3.63, 3.8) is 0 Å². The smallest absolute Gasteiger partial charge is 0.0973 e. The van der Waals surface area contributed by atoms with Crippen LogP contribution in [0, 0.1) is 0 Å². The molecule has 0 aliphatic rings. The van der Waals surface area contributed by atoms with Crippen molar-refractivity contribution in [2.75, 3.05) is 10.2 Å². The normalized spacial score (nSPS) is 10.2. The van der Waals surface area contributed by atoms with Gasteiger partial charge in [0, 0.05) is 40.1 Å². The van der Waals surface area contributed by atoms with Crippen LogP contribution in [-0.4, -0.2) is 9.97 Å². The second-order valence-corrected chi connectivity index (χ2v) is 12.4. The first-order valence-electron chi connectivity index (χ1n) is 19.2. The van der Waals surface area contributed by atoms with Gasteiger partial charge in [0.15, 0.2) is 0 Å². The van der Waals surface area contributed by atoms with Gasteiger partial charge in [-0.25, -0.2) is 9.97 Å². The molecule has 0 aliphatic heterocycles. The first-order valence-corrected chi connectivity index (χ1v) is 19.2. The van der Waals surface area contributed by atoms with E-state index in [-0.39, 0.29) is 0 Å². The number of anilines is 4. The highest BCUT2D eigenvalue weighted by Gasteiger charge is 2.16. The molecule has 0 atom stereocenters. The highest BCUT2D eigenvalue weighted by Crippen LogP contribution is 2.37. The van der Waals surface area contributed by atoms with Gasteiger partial charge < -0.3 is 10.2 Å². The van der Waals surface area contributed by atoms with Gasteiger partial charge >= 0.3 is 0 Å². The molecule has 0 radical (unpaired) electrons. The predicted octanol–water partition coefficient (Wildman–Crippen LogP) is 15.3. The Morgan fingerprint density at radius 3 is 1.45 bits per heavy atom. The Kier molecular flexibility index (Phi) is 17.3. The molecule has 6 aromatic carbocycles. The van der Waals surface area contributed by atoms with E-state index >= 15 is 0 Å². The summed E-state index contributed by atoms with van der Waals surface area (Å²) in [4.78, 5) is 12.4. The number of para-hydroxylation sites is 3. The Morgan fingerprint density at radius 1 is 0.536 bits per heavy atom. The summed E-state index contributed by atoms with van der Waals surface area (Å²) in [5, 5.41) is 3.53. The Morgan fingerprint density at radius 2 is 0.946 bits per heavy atom. The molecule has 0 amide bonds. The third-order valence-electron chi connectivity index (χ3n) is 8.33. The lowest BCUT2D eigenvalue weighted by molar-refractivity contribution is 1.07. The zero-order valence-electron chi connectivity index (χ0n) is 33.3. The minimum atomic E-state index is 0.865. The van der Waals surface area contributed by atoms with Crippen molar-refractivity contribution in [1.82, 2.24) is 9.97 Å². The molecule has 0 aliphatic carbocycles. The summed E-state index contributed by atoms with van der Waals surface area (Å²) in [6.07, 6.45) is 9.43. The summed E-state index contributed by atoms with van der Waals surface area (Å²) in [6, 6.07) is 56.5. The van der Waals surface area contributed by atoms with E-state index in [1.807, 2.05) is 88.4 Å². The van der Waals surface area contributed by atoms with Crippen molar-refractivity contribution in [2.24, 2.45) is 0 Å². The molecule has 1 heterocycles. The number of benzene rings is 6. The van der Waals surface area contributed by atoms with Crippen LogP contribution < -0.4 is 10.2 Å². The van der Waals surface area contributed by atoms with Crippen LogP contribution in [0.3, 0.4) is 0 Å². The van der Waals surface area contributed by atoms with Crippen LogP contribution in [0.15, 0.2) is 208 Å². The Hall–Kier alpha value is -6.78. The predicted molar refractivity (Wildman–Crippen MR) is 246 cm³/mol. The van der Waals surface area contributed by atoms with Gasteiger partial charge in [-0.05, 0) is 98.5 Å². The Balaban J connectivity index is 0.000000808. The lowest BCUT2D eigenvalue weighted by Gasteiger charge is -2.26. The summed E-state index contributed by atoms with van der Waals surface area (Å²) >= 11 is 0. The second kappa shape index (κ2) is 23.1. The van der Waals surface area contributed by atoms with Gasteiger partial charge in [0.1, 0.15) is 0 Å². The van der Waals surface area contributed by atoms with Crippen molar-refractivity contribution >= 4 is 39.4 Å². The second-order valence-electron chi connectivity index (χ2n) is 12.4. The van der Waals surface area contributed by atoms with Crippen molar-refractivity contribution in [3.05, 3.63) is 214 Å². The molecule has 0 saturated heterocycles. The first kappa shape index (κ1) is 42.0. The van der Waals surface area contributed by atoms with Gasteiger partial charge in [-0.15, -0.1) is 19.7 Å². The van der Waals surface area contributed by atoms with Gasteiger partial charge in [0.25, 0.3) is 0 Å². The van der Waals surface area contributed by atoms with Crippen LogP contribution >= 0.6 is 0 Å². The minimum absolute atomic E-state index is 0.865. The van der Waals surface area contributed by atoms with Gasteiger partial charge in [-0.2, -0.15) is 0 Å². The summed E-state index contributed by atoms with van der Waals surface area (Å²) in [5.41, 5.74) is 12.2.